The van der Waals surface area contributed by atoms with E-state index in [0.29, 0.717) is 6.61 Å². The third-order valence-corrected chi connectivity index (χ3v) is 4.26. The van der Waals surface area contributed by atoms with Gasteiger partial charge in [0.05, 0.1) is 12.7 Å². The summed E-state index contributed by atoms with van der Waals surface area (Å²) in [6, 6.07) is 10.3. The summed E-state index contributed by atoms with van der Waals surface area (Å²) in [5.41, 5.74) is 1.20. The van der Waals surface area contributed by atoms with Crippen LogP contribution in [0.5, 0.6) is 0 Å². The number of carboxylic acids is 1. The molecule has 0 heterocycles. The van der Waals surface area contributed by atoms with E-state index in [9.17, 15) is 4.79 Å². The minimum absolute atomic E-state index is 0.154. The number of aliphatic carboxylic acids is 1. The second kappa shape index (κ2) is 14.7. The molecule has 0 aliphatic heterocycles. The molecule has 0 amide bonds. The van der Waals surface area contributed by atoms with Crippen molar-refractivity contribution in [1.82, 2.24) is 0 Å². The van der Waals surface area contributed by atoms with Gasteiger partial charge in [-0.25, -0.2) is 0 Å². The molecule has 3 nitrogen and oxygen atoms in total. The zero-order chi connectivity index (χ0) is 18.2. The Labute approximate surface area is 153 Å². The normalized spacial score (nSPS) is 12.5. The molecule has 0 aromatic heterocycles. The van der Waals surface area contributed by atoms with Crippen molar-refractivity contribution in [3.63, 3.8) is 0 Å². The number of allylic oxidation sites excluding steroid dienone is 1. The molecule has 0 aliphatic rings. The van der Waals surface area contributed by atoms with Gasteiger partial charge < -0.3 is 9.84 Å². The lowest BCUT2D eigenvalue weighted by molar-refractivity contribution is -0.137. The summed E-state index contributed by atoms with van der Waals surface area (Å²) in [7, 11) is 0. The van der Waals surface area contributed by atoms with Gasteiger partial charge in [-0.15, -0.1) is 0 Å². The quantitative estimate of drug-likeness (QED) is 0.307. The highest BCUT2D eigenvalue weighted by atomic mass is 16.5. The van der Waals surface area contributed by atoms with Crippen LogP contribution in [0.15, 0.2) is 42.5 Å². The molecule has 0 saturated heterocycles. The van der Waals surface area contributed by atoms with Crippen molar-refractivity contribution >= 4 is 5.97 Å². The van der Waals surface area contributed by atoms with Crippen LogP contribution in [-0.4, -0.2) is 17.2 Å². The van der Waals surface area contributed by atoms with E-state index < -0.39 is 5.97 Å². The molecule has 1 aromatic carbocycles. The Morgan fingerprint density at radius 1 is 1.08 bits per heavy atom. The number of unbranched alkanes of at least 4 members (excludes halogenated alkanes) is 6. The minimum atomic E-state index is -0.708. The van der Waals surface area contributed by atoms with Gasteiger partial charge in [0.15, 0.2) is 0 Å². The minimum Gasteiger partial charge on any atom is -0.481 e. The predicted octanol–water partition coefficient (Wildman–Crippen LogP) is 6.13. The molecule has 1 rings (SSSR count). The van der Waals surface area contributed by atoms with Crippen molar-refractivity contribution in [2.45, 2.75) is 83.8 Å². The number of ether oxygens (including phenoxy) is 1. The number of carboxylic acid groups (broad SMARTS) is 1. The van der Waals surface area contributed by atoms with Crippen LogP contribution in [0.25, 0.3) is 0 Å². The van der Waals surface area contributed by atoms with Crippen LogP contribution < -0.4 is 0 Å². The highest BCUT2D eigenvalue weighted by Gasteiger charge is 2.06. The Hall–Kier alpha value is -1.61. The maximum atomic E-state index is 10.5. The summed E-state index contributed by atoms with van der Waals surface area (Å²) >= 11 is 0. The van der Waals surface area contributed by atoms with Crippen LogP contribution in [0, 0.1) is 0 Å². The highest BCUT2D eigenvalue weighted by molar-refractivity contribution is 5.66. The van der Waals surface area contributed by atoms with E-state index >= 15 is 0 Å². The molecule has 0 aliphatic carbocycles. The first-order valence-corrected chi connectivity index (χ1v) is 9.76. The molecule has 0 spiro atoms. The molecule has 0 fully saturated rings. The average molecular weight is 347 g/mol. The maximum Gasteiger partial charge on any atom is 0.303 e. The van der Waals surface area contributed by atoms with E-state index in [-0.39, 0.29) is 12.5 Å². The first-order chi connectivity index (χ1) is 12.2. The van der Waals surface area contributed by atoms with Crippen LogP contribution in [0.3, 0.4) is 0 Å². The molecular weight excluding hydrogens is 312 g/mol. The molecule has 0 bridgehead atoms. The Kier molecular flexibility index (Phi) is 12.6. The molecule has 1 aromatic rings. The van der Waals surface area contributed by atoms with Gasteiger partial charge in [-0.2, -0.15) is 0 Å². The van der Waals surface area contributed by atoms with Crippen molar-refractivity contribution in [2.24, 2.45) is 0 Å². The molecule has 0 unspecified atom stereocenters. The number of rotatable bonds is 15. The summed E-state index contributed by atoms with van der Waals surface area (Å²) in [4.78, 5) is 10.5. The molecule has 3 heteroatoms. The highest BCUT2D eigenvalue weighted by Crippen LogP contribution is 2.14. The topological polar surface area (TPSA) is 46.5 Å². The third kappa shape index (κ3) is 12.4. The standard InChI is InChI=1S/C22H34O3/c1-2-3-4-5-11-16-21(17-12-6-7-13-18-22(23)24)25-19-20-14-9-8-10-15-20/h8-10,12,14-15,17,21H,2-7,11,13,16,18-19H2,1H3,(H,23,24)/b17-12-/t21-/m0/s1. The van der Waals surface area contributed by atoms with Crippen molar-refractivity contribution in [1.29, 1.82) is 0 Å². The Morgan fingerprint density at radius 2 is 1.84 bits per heavy atom. The first kappa shape index (κ1) is 21.4. The van der Waals surface area contributed by atoms with Crippen molar-refractivity contribution in [2.75, 3.05) is 0 Å². The second-order valence-electron chi connectivity index (χ2n) is 6.61. The van der Waals surface area contributed by atoms with Gasteiger partial charge in [-0.3, -0.25) is 4.79 Å². The summed E-state index contributed by atoms with van der Waals surface area (Å²) in [5, 5.41) is 8.66. The van der Waals surface area contributed by atoms with E-state index in [1.54, 1.807) is 0 Å². The fourth-order valence-corrected chi connectivity index (χ4v) is 2.75. The van der Waals surface area contributed by atoms with E-state index in [0.717, 1.165) is 25.7 Å². The predicted molar refractivity (Wildman–Crippen MR) is 104 cm³/mol. The molecule has 1 atom stereocenters. The van der Waals surface area contributed by atoms with E-state index in [4.69, 9.17) is 9.84 Å². The Balaban J connectivity index is 2.33. The van der Waals surface area contributed by atoms with Crippen LogP contribution in [0.4, 0.5) is 0 Å². The van der Waals surface area contributed by atoms with Crippen LogP contribution in [0.1, 0.15) is 76.7 Å². The number of carbonyl (C=O) groups is 1. The zero-order valence-corrected chi connectivity index (χ0v) is 15.7. The largest absolute Gasteiger partial charge is 0.481 e. The second-order valence-corrected chi connectivity index (χ2v) is 6.61. The van der Waals surface area contributed by atoms with Crippen LogP contribution in [-0.2, 0) is 16.1 Å². The van der Waals surface area contributed by atoms with E-state index in [1.807, 2.05) is 18.2 Å². The summed E-state index contributed by atoms with van der Waals surface area (Å²) in [6.07, 6.45) is 14.7. The summed E-state index contributed by atoms with van der Waals surface area (Å²) < 4.78 is 6.10. The Bertz CT molecular complexity index is 467. The van der Waals surface area contributed by atoms with Gasteiger partial charge in [0.1, 0.15) is 0 Å². The summed E-state index contributed by atoms with van der Waals surface area (Å²) in [6.45, 7) is 2.88. The van der Waals surface area contributed by atoms with Gasteiger partial charge >= 0.3 is 5.97 Å². The maximum absolute atomic E-state index is 10.5. The van der Waals surface area contributed by atoms with Gasteiger partial charge in [-0.1, -0.05) is 81.5 Å². The first-order valence-electron chi connectivity index (χ1n) is 9.76. The zero-order valence-electron chi connectivity index (χ0n) is 15.7. The van der Waals surface area contributed by atoms with E-state index in [2.05, 4.69) is 31.2 Å². The van der Waals surface area contributed by atoms with Crippen molar-refractivity contribution in [3.05, 3.63) is 48.0 Å². The van der Waals surface area contributed by atoms with Gasteiger partial charge in [0.25, 0.3) is 0 Å². The molecule has 1 N–H and O–H groups in total. The third-order valence-electron chi connectivity index (χ3n) is 4.26. The van der Waals surface area contributed by atoms with Gasteiger partial charge in [0.2, 0.25) is 0 Å². The SMILES string of the molecule is CCCCCCC[C@@H](/C=C\CCCCC(=O)O)OCc1ccccc1. The molecule has 0 saturated carbocycles. The van der Waals surface area contributed by atoms with Crippen LogP contribution in [0.2, 0.25) is 0 Å². The molecule has 140 valence electrons. The van der Waals surface area contributed by atoms with Crippen molar-refractivity contribution < 1.29 is 14.6 Å². The Morgan fingerprint density at radius 3 is 2.56 bits per heavy atom. The smallest absolute Gasteiger partial charge is 0.303 e. The monoisotopic (exact) mass is 346 g/mol. The molecule has 0 radical (unpaired) electrons. The number of hydrogen-bond donors (Lipinski definition) is 1. The fourth-order valence-electron chi connectivity index (χ4n) is 2.75. The number of benzene rings is 1. The van der Waals surface area contributed by atoms with Crippen molar-refractivity contribution in [3.8, 4) is 0 Å². The lowest BCUT2D eigenvalue weighted by atomic mass is 10.1. The lowest BCUT2D eigenvalue weighted by Gasteiger charge is -2.14. The lowest BCUT2D eigenvalue weighted by Crippen LogP contribution is -2.10. The average Bonchev–Trinajstić information content (AvgIpc) is 2.62. The fraction of sp³-hybridized carbons (Fsp3) is 0.591. The van der Waals surface area contributed by atoms with Gasteiger partial charge in [0, 0.05) is 6.42 Å². The van der Waals surface area contributed by atoms with Gasteiger partial charge in [-0.05, 0) is 31.2 Å². The molecular formula is C22H34O3. The number of hydrogen-bond acceptors (Lipinski definition) is 2. The molecule has 25 heavy (non-hydrogen) atoms. The van der Waals surface area contributed by atoms with E-state index in [1.165, 1.54) is 37.7 Å². The van der Waals surface area contributed by atoms with Crippen LogP contribution >= 0.6 is 0 Å². The summed E-state index contributed by atoms with van der Waals surface area (Å²) in [5.74, 6) is -0.708.